The second-order valence-corrected chi connectivity index (χ2v) is 10.3. The van der Waals surface area contributed by atoms with E-state index in [0.717, 1.165) is 17.8 Å². The van der Waals surface area contributed by atoms with E-state index in [1.807, 2.05) is 0 Å². The second-order valence-electron chi connectivity index (χ2n) is 7.37. The molecule has 12 heteroatoms. The van der Waals surface area contributed by atoms with E-state index in [-0.39, 0.29) is 22.4 Å². The molecule has 9 nitrogen and oxygen atoms in total. The number of sulfonamides is 1. The monoisotopic (exact) mass is 464 g/mol. The summed E-state index contributed by atoms with van der Waals surface area (Å²) in [6, 6.07) is 5.42. The van der Waals surface area contributed by atoms with Crippen LogP contribution in [0.2, 0.25) is 0 Å². The van der Waals surface area contributed by atoms with E-state index in [4.69, 9.17) is 0 Å². The summed E-state index contributed by atoms with van der Waals surface area (Å²) in [5.41, 5.74) is 1.40. The summed E-state index contributed by atoms with van der Waals surface area (Å²) in [7, 11) is -3.69. The molecular formula is C19H21FN6O3S2. The Morgan fingerprint density at radius 2 is 2.00 bits per heavy atom. The number of aromatic amines is 1. The van der Waals surface area contributed by atoms with Crippen molar-refractivity contribution in [3.8, 4) is 0 Å². The highest BCUT2D eigenvalue weighted by Gasteiger charge is 2.35. The number of nitrogens with zero attached hydrogens (tertiary/aromatic N) is 4. The van der Waals surface area contributed by atoms with E-state index in [1.165, 1.54) is 28.6 Å². The first-order valence-electron chi connectivity index (χ1n) is 9.67. The molecule has 1 aliphatic rings. The minimum Gasteiger partial charge on any atom is -0.320 e. The number of carbonyl (C=O) groups is 1. The van der Waals surface area contributed by atoms with Crippen molar-refractivity contribution in [1.82, 2.24) is 24.7 Å². The van der Waals surface area contributed by atoms with Crippen LogP contribution in [0.25, 0.3) is 0 Å². The Hall–Kier alpha value is -2.70. The van der Waals surface area contributed by atoms with Gasteiger partial charge in [0.05, 0.1) is 11.4 Å². The number of rotatable bonds is 5. The molecule has 3 aromatic rings. The highest BCUT2D eigenvalue weighted by molar-refractivity contribution is 7.89. The SMILES string of the molecule is Cc1n[nH]c(C)c1S(=O)(=O)N1CCC[C@@H](c2nnc(C(=O)Nc3ccc(F)cc3)s2)C1. The van der Waals surface area contributed by atoms with Crippen molar-refractivity contribution in [3.05, 3.63) is 51.5 Å². The minimum atomic E-state index is -3.69. The van der Waals surface area contributed by atoms with Crippen LogP contribution in [0.1, 0.15) is 45.0 Å². The van der Waals surface area contributed by atoms with Crippen LogP contribution in [0.3, 0.4) is 0 Å². The molecular weight excluding hydrogens is 443 g/mol. The number of aryl methyl sites for hydroxylation is 2. The van der Waals surface area contributed by atoms with Gasteiger partial charge in [-0.05, 0) is 51.0 Å². The third kappa shape index (κ3) is 4.36. The molecule has 0 aliphatic carbocycles. The van der Waals surface area contributed by atoms with Crippen molar-refractivity contribution in [2.24, 2.45) is 0 Å². The molecule has 2 N–H and O–H groups in total. The predicted octanol–water partition coefficient (Wildman–Crippen LogP) is 2.84. The summed E-state index contributed by atoms with van der Waals surface area (Å²) in [5.74, 6) is -0.991. The van der Waals surface area contributed by atoms with Gasteiger partial charge in [-0.3, -0.25) is 9.89 Å². The number of amides is 1. The normalized spacial score (nSPS) is 17.6. The number of benzene rings is 1. The van der Waals surface area contributed by atoms with Crippen molar-refractivity contribution in [3.63, 3.8) is 0 Å². The fourth-order valence-corrected chi connectivity index (χ4v) is 6.34. The first-order valence-corrected chi connectivity index (χ1v) is 11.9. The number of aromatic nitrogens is 4. The van der Waals surface area contributed by atoms with Gasteiger partial charge in [0.1, 0.15) is 15.7 Å². The molecule has 0 bridgehead atoms. The van der Waals surface area contributed by atoms with Gasteiger partial charge in [0.15, 0.2) is 0 Å². The van der Waals surface area contributed by atoms with Gasteiger partial charge < -0.3 is 5.32 Å². The van der Waals surface area contributed by atoms with Crippen LogP contribution >= 0.6 is 11.3 Å². The minimum absolute atomic E-state index is 0.152. The maximum atomic E-state index is 13.1. The first-order chi connectivity index (χ1) is 14.8. The quantitative estimate of drug-likeness (QED) is 0.599. The largest absolute Gasteiger partial charge is 0.320 e. The number of hydrogen-bond donors (Lipinski definition) is 2. The van der Waals surface area contributed by atoms with Crippen LogP contribution < -0.4 is 5.32 Å². The summed E-state index contributed by atoms with van der Waals surface area (Å²) < 4.78 is 40.8. The maximum absolute atomic E-state index is 13.1. The molecule has 1 atom stereocenters. The molecule has 1 amide bonds. The zero-order valence-electron chi connectivity index (χ0n) is 16.9. The lowest BCUT2D eigenvalue weighted by atomic mass is 10.0. The standard InChI is InChI=1S/C19H21FN6O3S2/c1-11-16(12(2)23-22-11)31(28,29)26-9-3-4-13(10-26)18-24-25-19(30-18)17(27)21-15-7-5-14(20)6-8-15/h5-8,13H,3-4,9-10H2,1-2H3,(H,21,27)(H,22,23)/t13-/m1/s1. The maximum Gasteiger partial charge on any atom is 0.286 e. The van der Waals surface area contributed by atoms with E-state index in [2.05, 4.69) is 25.7 Å². The molecule has 1 aromatic carbocycles. The summed E-state index contributed by atoms with van der Waals surface area (Å²) in [4.78, 5) is 12.6. The molecule has 164 valence electrons. The smallest absolute Gasteiger partial charge is 0.286 e. The van der Waals surface area contributed by atoms with Gasteiger partial charge in [0.25, 0.3) is 5.91 Å². The lowest BCUT2D eigenvalue weighted by Gasteiger charge is -2.30. The number of carbonyl (C=O) groups excluding carboxylic acids is 1. The van der Waals surface area contributed by atoms with E-state index in [1.54, 1.807) is 13.8 Å². The third-order valence-corrected chi connectivity index (χ3v) is 8.34. The fraction of sp³-hybridized carbons (Fsp3) is 0.368. The van der Waals surface area contributed by atoms with Crippen molar-refractivity contribution in [2.75, 3.05) is 18.4 Å². The molecule has 0 radical (unpaired) electrons. The van der Waals surface area contributed by atoms with E-state index < -0.39 is 21.7 Å². The summed E-state index contributed by atoms with van der Waals surface area (Å²) in [6.45, 7) is 4.03. The van der Waals surface area contributed by atoms with E-state index in [0.29, 0.717) is 35.0 Å². The molecule has 0 spiro atoms. The molecule has 0 unspecified atom stereocenters. The van der Waals surface area contributed by atoms with Gasteiger partial charge in [-0.1, -0.05) is 11.3 Å². The number of H-pyrrole nitrogens is 1. The van der Waals surface area contributed by atoms with Crippen LogP contribution in [0.5, 0.6) is 0 Å². The Morgan fingerprint density at radius 3 is 2.68 bits per heavy atom. The Bertz CT molecular complexity index is 1190. The molecule has 1 fully saturated rings. The van der Waals surface area contributed by atoms with Crippen molar-refractivity contribution in [2.45, 2.75) is 37.5 Å². The van der Waals surface area contributed by atoms with Crippen LogP contribution in [-0.2, 0) is 10.0 Å². The molecule has 2 aromatic heterocycles. The van der Waals surface area contributed by atoms with Crippen LogP contribution in [0.4, 0.5) is 10.1 Å². The van der Waals surface area contributed by atoms with E-state index in [9.17, 15) is 17.6 Å². The fourth-order valence-electron chi connectivity index (χ4n) is 3.62. The number of piperidine rings is 1. The molecule has 31 heavy (non-hydrogen) atoms. The Morgan fingerprint density at radius 1 is 1.26 bits per heavy atom. The van der Waals surface area contributed by atoms with Crippen molar-refractivity contribution >= 4 is 33.0 Å². The summed E-state index contributed by atoms with van der Waals surface area (Å²) in [6.07, 6.45) is 1.43. The molecule has 4 rings (SSSR count). The lowest BCUT2D eigenvalue weighted by Crippen LogP contribution is -2.39. The van der Waals surface area contributed by atoms with E-state index >= 15 is 0 Å². The predicted molar refractivity (Wildman–Crippen MR) is 113 cm³/mol. The highest BCUT2D eigenvalue weighted by Crippen LogP contribution is 2.33. The first kappa shape index (κ1) is 21.5. The van der Waals surface area contributed by atoms with Gasteiger partial charge in [-0.25, -0.2) is 12.8 Å². The zero-order valence-corrected chi connectivity index (χ0v) is 18.6. The molecule has 1 saturated heterocycles. The summed E-state index contributed by atoms with van der Waals surface area (Å²) in [5, 5.41) is 18.3. The topological polar surface area (TPSA) is 121 Å². The highest BCUT2D eigenvalue weighted by atomic mass is 32.2. The lowest BCUT2D eigenvalue weighted by molar-refractivity contribution is 0.102. The second kappa shape index (κ2) is 8.44. The number of hydrogen-bond acceptors (Lipinski definition) is 7. The summed E-state index contributed by atoms with van der Waals surface area (Å²) >= 11 is 1.14. The van der Waals surface area contributed by atoms with Crippen LogP contribution in [-0.4, -0.2) is 52.1 Å². The van der Waals surface area contributed by atoms with Gasteiger partial charge in [-0.2, -0.15) is 9.40 Å². The molecule has 1 aliphatic heterocycles. The van der Waals surface area contributed by atoms with Crippen molar-refractivity contribution < 1.29 is 17.6 Å². The third-order valence-electron chi connectivity index (χ3n) is 5.13. The average molecular weight is 465 g/mol. The van der Waals surface area contributed by atoms with Gasteiger partial charge in [0, 0.05) is 24.7 Å². The van der Waals surface area contributed by atoms with Gasteiger partial charge in [0.2, 0.25) is 15.0 Å². The zero-order chi connectivity index (χ0) is 22.2. The van der Waals surface area contributed by atoms with Crippen LogP contribution in [0, 0.1) is 19.7 Å². The van der Waals surface area contributed by atoms with Crippen LogP contribution in [0.15, 0.2) is 29.2 Å². The Kier molecular flexibility index (Phi) is 5.86. The van der Waals surface area contributed by atoms with Crippen molar-refractivity contribution in [1.29, 1.82) is 0 Å². The molecule has 3 heterocycles. The molecule has 0 saturated carbocycles. The number of nitrogens with one attached hydrogen (secondary N) is 2. The average Bonchev–Trinajstić information content (AvgIpc) is 3.37. The number of halogens is 1. The Balaban J connectivity index is 1.49. The van der Waals surface area contributed by atoms with Gasteiger partial charge >= 0.3 is 0 Å². The van der Waals surface area contributed by atoms with Gasteiger partial charge in [-0.15, -0.1) is 10.2 Å². The Labute approximate surface area is 182 Å². The number of anilines is 1.